The normalized spacial score (nSPS) is 17.6. The number of hydrogen-bond donors (Lipinski definition) is 1. The van der Waals surface area contributed by atoms with E-state index in [2.05, 4.69) is 47.2 Å². The molecule has 1 unspecified atom stereocenters. The molecule has 0 bridgehead atoms. The molecule has 1 aromatic carbocycles. The van der Waals surface area contributed by atoms with E-state index in [4.69, 9.17) is 0 Å². The van der Waals surface area contributed by atoms with Crippen LogP contribution in [0, 0.1) is 19.8 Å². The molecule has 1 atom stereocenters. The van der Waals surface area contributed by atoms with Crippen molar-refractivity contribution < 1.29 is 4.79 Å². The van der Waals surface area contributed by atoms with Crippen LogP contribution in [0.1, 0.15) is 28.8 Å². The van der Waals surface area contributed by atoms with Gasteiger partial charge in [0.15, 0.2) is 0 Å². The predicted molar refractivity (Wildman–Crippen MR) is 100 cm³/mol. The number of aryl methyl sites for hydroxylation is 2. The van der Waals surface area contributed by atoms with E-state index in [1.54, 1.807) is 6.20 Å². The van der Waals surface area contributed by atoms with Crippen LogP contribution in [0.2, 0.25) is 0 Å². The predicted octanol–water partition coefficient (Wildman–Crippen LogP) is 2.88. The largest absolute Gasteiger partial charge is 0.355 e. The van der Waals surface area contributed by atoms with Crippen molar-refractivity contribution in [2.24, 2.45) is 5.92 Å². The van der Waals surface area contributed by atoms with Crippen LogP contribution in [0.5, 0.6) is 0 Å². The lowest BCUT2D eigenvalue weighted by molar-refractivity contribution is -0.120. The minimum absolute atomic E-state index is 0.0614. The second-order valence-corrected chi connectivity index (χ2v) is 7.11. The molecule has 25 heavy (non-hydrogen) atoms. The number of hydrogen-bond acceptors (Lipinski definition) is 3. The van der Waals surface area contributed by atoms with Crippen molar-refractivity contribution in [2.45, 2.75) is 33.2 Å². The van der Waals surface area contributed by atoms with Gasteiger partial charge in [-0.3, -0.25) is 14.7 Å². The Morgan fingerprint density at radius 1 is 1.24 bits per heavy atom. The van der Waals surface area contributed by atoms with Gasteiger partial charge in [-0.05, 0) is 61.6 Å². The molecule has 3 rings (SSSR count). The number of amides is 1. The fourth-order valence-electron chi connectivity index (χ4n) is 3.37. The molecule has 1 saturated heterocycles. The molecule has 1 fully saturated rings. The molecule has 1 amide bonds. The monoisotopic (exact) mass is 337 g/mol. The number of carbonyl (C=O) groups is 1. The summed E-state index contributed by atoms with van der Waals surface area (Å²) in [6.45, 7) is 8.24. The first-order chi connectivity index (χ1) is 12.1. The van der Waals surface area contributed by atoms with Crippen LogP contribution in [-0.2, 0) is 17.8 Å². The van der Waals surface area contributed by atoms with E-state index in [0.29, 0.717) is 12.3 Å². The van der Waals surface area contributed by atoms with Crippen LogP contribution < -0.4 is 5.32 Å². The van der Waals surface area contributed by atoms with E-state index in [0.717, 1.165) is 38.3 Å². The number of pyridine rings is 1. The van der Waals surface area contributed by atoms with Gasteiger partial charge < -0.3 is 5.32 Å². The number of aromatic nitrogens is 1. The molecule has 0 aliphatic carbocycles. The Hall–Kier alpha value is -2.20. The molecule has 1 aliphatic rings. The Balaban J connectivity index is 1.42. The van der Waals surface area contributed by atoms with Crippen molar-refractivity contribution in [2.75, 3.05) is 19.6 Å². The Kier molecular flexibility index (Phi) is 5.82. The Morgan fingerprint density at radius 3 is 2.88 bits per heavy atom. The third-order valence-corrected chi connectivity index (χ3v) is 5.00. The van der Waals surface area contributed by atoms with Gasteiger partial charge in [0.1, 0.15) is 0 Å². The second kappa shape index (κ2) is 8.26. The molecule has 4 nitrogen and oxygen atoms in total. The zero-order valence-electron chi connectivity index (χ0n) is 15.2. The van der Waals surface area contributed by atoms with E-state index in [9.17, 15) is 4.79 Å². The van der Waals surface area contributed by atoms with Crippen LogP contribution >= 0.6 is 0 Å². The fourth-order valence-corrected chi connectivity index (χ4v) is 3.37. The first-order valence-corrected chi connectivity index (χ1v) is 9.05. The molecule has 2 heterocycles. The highest BCUT2D eigenvalue weighted by Crippen LogP contribution is 2.19. The van der Waals surface area contributed by atoms with Gasteiger partial charge in [0.05, 0.1) is 6.42 Å². The van der Waals surface area contributed by atoms with Gasteiger partial charge in [-0.2, -0.15) is 0 Å². The lowest BCUT2D eigenvalue weighted by Crippen LogP contribution is -2.32. The Labute approximate surface area is 150 Å². The minimum Gasteiger partial charge on any atom is -0.355 e. The van der Waals surface area contributed by atoms with Crippen molar-refractivity contribution in [3.05, 3.63) is 65.0 Å². The number of nitrogens with one attached hydrogen (secondary N) is 1. The van der Waals surface area contributed by atoms with Crippen LogP contribution in [0.3, 0.4) is 0 Å². The summed E-state index contributed by atoms with van der Waals surface area (Å²) in [5.74, 6) is 0.602. The summed E-state index contributed by atoms with van der Waals surface area (Å²) in [5, 5.41) is 3.07. The summed E-state index contributed by atoms with van der Waals surface area (Å²) in [6.07, 6.45) is 3.23. The Bertz CT molecular complexity index is 714. The van der Waals surface area contributed by atoms with Gasteiger partial charge in [0.2, 0.25) is 5.91 Å². The number of rotatable bonds is 6. The number of carbonyl (C=O) groups excluding carboxylic acids is 1. The first kappa shape index (κ1) is 17.6. The first-order valence-electron chi connectivity index (χ1n) is 9.05. The highest BCUT2D eigenvalue weighted by molar-refractivity contribution is 5.78. The minimum atomic E-state index is 0.0614. The molecule has 0 spiro atoms. The highest BCUT2D eigenvalue weighted by Gasteiger charge is 2.22. The van der Waals surface area contributed by atoms with Crippen LogP contribution in [0.4, 0.5) is 0 Å². The van der Waals surface area contributed by atoms with Crippen LogP contribution in [0.15, 0.2) is 42.6 Å². The van der Waals surface area contributed by atoms with Gasteiger partial charge in [-0.25, -0.2) is 0 Å². The molecule has 2 aromatic rings. The van der Waals surface area contributed by atoms with E-state index >= 15 is 0 Å². The van der Waals surface area contributed by atoms with Crippen molar-refractivity contribution in [3.63, 3.8) is 0 Å². The Morgan fingerprint density at radius 2 is 2.12 bits per heavy atom. The van der Waals surface area contributed by atoms with Gasteiger partial charge in [-0.15, -0.1) is 0 Å². The standard InChI is InChI=1S/C21H27N3O/c1-16-6-7-18(11-17(16)2)14-24-10-8-19(15-24)13-23-21(25)12-20-5-3-4-9-22-20/h3-7,9,11,19H,8,10,12-15H2,1-2H3,(H,23,25). The maximum Gasteiger partial charge on any atom is 0.226 e. The third-order valence-electron chi connectivity index (χ3n) is 5.00. The summed E-state index contributed by atoms with van der Waals surface area (Å²) in [4.78, 5) is 18.7. The van der Waals surface area contributed by atoms with Crippen molar-refractivity contribution in [3.8, 4) is 0 Å². The maximum atomic E-state index is 12.0. The highest BCUT2D eigenvalue weighted by atomic mass is 16.1. The van der Waals surface area contributed by atoms with Gasteiger partial charge in [0, 0.05) is 31.5 Å². The summed E-state index contributed by atoms with van der Waals surface area (Å²) >= 11 is 0. The summed E-state index contributed by atoms with van der Waals surface area (Å²) < 4.78 is 0. The molecule has 1 aromatic heterocycles. The molecule has 1 aliphatic heterocycles. The summed E-state index contributed by atoms with van der Waals surface area (Å²) in [5.41, 5.74) is 4.90. The molecule has 0 saturated carbocycles. The zero-order chi connectivity index (χ0) is 17.6. The summed E-state index contributed by atoms with van der Waals surface area (Å²) in [7, 11) is 0. The smallest absolute Gasteiger partial charge is 0.226 e. The zero-order valence-corrected chi connectivity index (χ0v) is 15.2. The van der Waals surface area contributed by atoms with Crippen molar-refractivity contribution in [1.82, 2.24) is 15.2 Å². The van der Waals surface area contributed by atoms with Gasteiger partial charge in [-0.1, -0.05) is 24.3 Å². The number of likely N-dealkylation sites (tertiary alicyclic amines) is 1. The van der Waals surface area contributed by atoms with Crippen molar-refractivity contribution >= 4 is 5.91 Å². The lowest BCUT2D eigenvalue weighted by atomic mass is 10.1. The van der Waals surface area contributed by atoms with E-state index in [1.165, 1.54) is 16.7 Å². The number of benzene rings is 1. The molecular formula is C21H27N3O. The fraction of sp³-hybridized carbons (Fsp3) is 0.429. The maximum absolute atomic E-state index is 12.0. The lowest BCUT2D eigenvalue weighted by Gasteiger charge is -2.17. The molecule has 4 heteroatoms. The van der Waals surface area contributed by atoms with Crippen LogP contribution in [0.25, 0.3) is 0 Å². The molecule has 132 valence electrons. The number of nitrogens with zero attached hydrogens (tertiary/aromatic N) is 2. The quantitative estimate of drug-likeness (QED) is 0.881. The van der Waals surface area contributed by atoms with Crippen molar-refractivity contribution in [1.29, 1.82) is 0 Å². The second-order valence-electron chi connectivity index (χ2n) is 7.11. The van der Waals surface area contributed by atoms with Gasteiger partial charge in [0.25, 0.3) is 0 Å². The van der Waals surface area contributed by atoms with Crippen LogP contribution in [-0.4, -0.2) is 35.4 Å². The third kappa shape index (κ3) is 5.13. The van der Waals surface area contributed by atoms with E-state index in [1.807, 2.05) is 18.2 Å². The topological polar surface area (TPSA) is 45.2 Å². The van der Waals surface area contributed by atoms with E-state index < -0.39 is 0 Å². The van der Waals surface area contributed by atoms with Gasteiger partial charge >= 0.3 is 0 Å². The average molecular weight is 337 g/mol. The van der Waals surface area contributed by atoms with E-state index in [-0.39, 0.29) is 5.91 Å². The molecular weight excluding hydrogens is 310 g/mol. The SMILES string of the molecule is Cc1ccc(CN2CCC(CNC(=O)Cc3ccccn3)C2)cc1C. The average Bonchev–Trinajstić information content (AvgIpc) is 3.05. The molecule has 1 N–H and O–H groups in total. The molecule has 0 radical (unpaired) electrons. The summed E-state index contributed by atoms with van der Waals surface area (Å²) in [6, 6.07) is 12.4.